The van der Waals surface area contributed by atoms with Crippen molar-refractivity contribution in [1.29, 1.82) is 0 Å². The third-order valence-corrected chi connectivity index (χ3v) is 4.99. The van der Waals surface area contributed by atoms with Gasteiger partial charge in [0.25, 0.3) is 0 Å². The van der Waals surface area contributed by atoms with E-state index in [-0.39, 0.29) is 12.0 Å². The highest BCUT2D eigenvalue weighted by Crippen LogP contribution is 2.31. The van der Waals surface area contributed by atoms with E-state index in [2.05, 4.69) is 40.9 Å². The molecule has 0 fully saturated rings. The molecule has 2 heterocycles. The molecule has 4 nitrogen and oxygen atoms in total. The Morgan fingerprint density at radius 1 is 1.00 bits per heavy atom. The van der Waals surface area contributed by atoms with E-state index in [1.54, 1.807) is 0 Å². The monoisotopic (exact) mass is 384 g/mol. The SMILES string of the molecule is CCOC(=O)c1cc(C(Nc2ccccc2)c2ccc(C)cc2)n2ccccc12. The van der Waals surface area contributed by atoms with Gasteiger partial charge in [0.15, 0.2) is 0 Å². The first-order chi connectivity index (χ1) is 14.2. The maximum Gasteiger partial charge on any atom is 0.340 e. The average molecular weight is 384 g/mol. The van der Waals surface area contributed by atoms with E-state index in [0.717, 1.165) is 22.5 Å². The third kappa shape index (κ3) is 3.87. The van der Waals surface area contributed by atoms with Gasteiger partial charge in [-0.1, -0.05) is 54.1 Å². The van der Waals surface area contributed by atoms with Crippen molar-refractivity contribution in [2.45, 2.75) is 19.9 Å². The minimum atomic E-state index is -0.301. The fourth-order valence-corrected chi connectivity index (χ4v) is 3.56. The molecule has 0 aliphatic carbocycles. The molecule has 0 saturated heterocycles. The second kappa shape index (κ2) is 8.23. The molecule has 2 aromatic heterocycles. The summed E-state index contributed by atoms with van der Waals surface area (Å²) in [6.07, 6.45) is 1.99. The number of pyridine rings is 1. The highest BCUT2D eigenvalue weighted by atomic mass is 16.5. The van der Waals surface area contributed by atoms with E-state index in [1.807, 2.05) is 67.7 Å². The molecule has 1 atom stereocenters. The number of rotatable bonds is 6. The number of ether oxygens (including phenoxy) is 1. The van der Waals surface area contributed by atoms with Crippen molar-refractivity contribution in [3.05, 3.63) is 107 Å². The second-order valence-electron chi connectivity index (χ2n) is 7.01. The standard InChI is InChI=1S/C25H24N2O2/c1-3-29-25(28)21-17-23(27-16-8-7-11-22(21)27)24(19-14-12-18(2)13-15-19)26-20-9-5-4-6-10-20/h4-17,24,26H,3H2,1-2H3. The molecule has 0 bridgehead atoms. The molecule has 0 amide bonds. The number of carbonyl (C=O) groups excluding carboxylic acids is 1. The highest BCUT2D eigenvalue weighted by Gasteiger charge is 2.23. The molecule has 2 aromatic carbocycles. The summed E-state index contributed by atoms with van der Waals surface area (Å²) in [7, 11) is 0. The van der Waals surface area contributed by atoms with Gasteiger partial charge in [-0.15, -0.1) is 0 Å². The number of carbonyl (C=O) groups is 1. The predicted octanol–water partition coefficient (Wildman–Crippen LogP) is 5.63. The number of hydrogen-bond donors (Lipinski definition) is 1. The lowest BCUT2D eigenvalue weighted by Crippen LogP contribution is -2.14. The number of benzene rings is 2. The second-order valence-corrected chi connectivity index (χ2v) is 7.01. The number of hydrogen-bond acceptors (Lipinski definition) is 3. The lowest BCUT2D eigenvalue weighted by Gasteiger charge is -2.21. The fourth-order valence-electron chi connectivity index (χ4n) is 3.56. The zero-order chi connectivity index (χ0) is 20.2. The van der Waals surface area contributed by atoms with Crippen LogP contribution in [0.2, 0.25) is 0 Å². The Balaban J connectivity index is 1.87. The van der Waals surface area contributed by atoms with Crippen LogP contribution in [0.1, 0.15) is 40.1 Å². The first-order valence-electron chi connectivity index (χ1n) is 9.82. The summed E-state index contributed by atoms with van der Waals surface area (Å²) < 4.78 is 7.36. The quantitative estimate of drug-likeness (QED) is 0.438. The number of esters is 1. The van der Waals surface area contributed by atoms with Crippen LogP contribution in [0.5, 0.6) is 0 Å². The Hall–Kier alpha value is -3.53. The van der Waals surface area contributed by atoms with E-state index >= 15 is 0 Å². The van der Waals surface area contributed by atoms with Crippen molar-refractivity contribution in [3.8, 4) is 0 Å². The number of nitrogens with one attached hydrogen (secondary N) is 1. The van der Waals surface area contributed by atoms with E-state index in [1.165, 1.54) is 5.56 Å². The molecule has 0 spiro atoms. The van der Waals surface area contributed by atoms with Crippen LogP contribution in [0.4, 0.5) is 5.69 Å². The molecular formula is C25H24N2O2. The van der Waals surface area contributed by atoms with Gasteiger partial charge in [0.05, 0.1) is 29.4 Å². The van der Waals surface area contributed by atoms with Crippen LogP contribution >= 0.6 is 0 Å². The number of nitrogens with zero attached hydrogens (tertiary/aromatic N) is 1. The van der Waals surface area contributed by atoms with E-state index in [4.69, 9.17) is 4.74 Å². The molecule has 1 unspecified atom stereocenters. The highest BCUT2D eigenvalue weighted by molar-refractivity contribution is 5.97. The van der Waals surface area contributed by atoms with Crippen LogP contribution < -0.4 is 5.32 Å². The van der Waals surface area contributed by atoms with E-state index in [9.17, 15) is 4.79 Å². The van der Waals surface area contributed by atoms with Crippen LogP contribution in [0.25, 0.3) is 5.52 Å². The topological polar surface area (TPSA) is 42.7 Å². The van der Waals surface area contributed by atoms with Gasteiger partial charge >= 0.3 is 5.97 Å². The Kier molecular flexibility index (Phi) is 5.34. The van der Waals surface area contributed by atoms with Crippen molar-refractivity contribution in [2.75, 3.05) is 11.9 Å². The van der Waals surface area contributed by atoms with Gasteiger partial charge < -0.3 is 14.5 Å². The molecule has 0 saturated carbocycles. The summed E-state index contributed by atoms with van der Waals surface area (Å²) in [5.41, 5.74) is 5.75. The fraction of sp³-hybridized carbons (Fsp3) is 0.160. The molecule has 0 aliphatic rings. The molecule has 146 valence electrons. The van der Waals surface area contributed by atoms with Crippen LogP contribution in [0.15, 0.2) is 85.1 Å². The van der Waals surface area contributed by atoms with Crippen molar-refractivity contribution in [2.24, 2.45) is 0 Å². The zero-order valence-electron chi connectivity index (χ0n) is 16.6. The minimum Gasteiger partial charge on any atom is -0.462 e. The summed E-state index contributed by atoms with van der Waals surface area (Å²) in [6.45, 7) is 4.25. The first-order valence-corrected chi connectivity index (χ1v) is 9.82. The first kappa shape index (κ1) is 18.8. The summed E-state index contributed by atoms with van der Waals surface area (Å²) in [5.74, 6) is -0.301. The third-order valence-electron chi connectivity index (χ3n) is 4.99. The van der Waals surface area contributed by atoms with E-state index in [0.29, 0.717) is 12.2 Å². The maximum atomic E-state index is 12.6. The Labute approximate surface area is 170 Å². The molecule has 0 radical (unpaired) electrons. The molecule has 4 heteroatoms. The number of fused-ring (bicyclic) bond motifs is 1. The summed E-state index contributed by atoms with van der Waals surface area (Å²) in [6, 6.07) is 26.2. The summed E-state index contributed by atoms with van der Waals surface area (Å²) in [5, 5.41) is 3.63. The van der Waals surface area contributed by atoms with Crippen molar-refractivity contribution >= 4 is 17.2 Å². The maximum absolute atomic E-state index is 12.6. The zero-order valence-corrected chi connectivity index (χ0v) is 16.6. The Bertz CT molecular complexity index is 1110. The van der Waals surface area contributed by atoms with Gasteiger partial charge in [-0.2, -0.15) is 0 Å². The Morgan fingerprint density at radius 2 is 1.72 bits per heavy atom. The van der Waals surface area contributed by atoms with Crippen LogP contribution in [0.3, 0.4) is 0 Å². The Morgan fingerprint density at radius 3 is 2.45 bits per heavy atom. The van der Waals surface area contributed by atoms with Gasteiger partial charge in [-0.25, -0.2) is 4.79 Å². The average Bonchev–Trinajstić information content (AvgIpc) is 3.13. The molecule has 29 heavy (non-hydrogen) atoms. The van der Waals surface area contributed by atoms with Crippen LogP contribution in [-0.4, -0.2) is 17.0 Å². The minimum absolute atomic E-state index is 0.129. The normalized spacial score (nSPS) is 11.9. The number of aromatic nitrogens is 1. The lowest BCUT2D eigenvalue weighted by atomic mass is 10.0. The molecule has 4 rings (SSSR count). The predicted molar refractivity (Wildman–Crippen MR) is 116 cm³/mol. The molecule has 1 N–H and O–H groups in total. The molecular weight excluding hydrogens is 360 g/mol. The largest absolute Gasteiger partial charge is 0.462 e. The van der Waals surface area contributed by atoms with E-state index < -0.39 is 0 Å². The summed E-state index contributed by atoms with van der Waals surface area (Å²) >= 11 is 0. The van der Waals surface area contributed by atoms with Crippen molar-refractivity contribution < 1.29 is 9.53 Å². The number of para-hydroxylation sites is 1. The molecule has 4 aromatic rings. The van der Waals surface area contributed by atoms with Gasteiger partial charge in [0, 0.05) is 11.9 Å². The molecule has 0 aliphatic heterocycles. The van der Waals surface area contributed by atoms with Gasteiger partial charge in [-0.05, 0) is 49.7 Å². The van der Waals surface area contributed by atoms with Crippen LogP contribution in [-0.2, 0) is 4.74 Å². The van der Waals surface area contributed by atoms with Gasteiger partial charge in [0.1, 0.15) is 0 Å². The van der Waals surface area contributed by atoms with Crippen molar-refractivity contribution in [3.63, 3.8) is 0 Å². The smallest absolute Gasteiger partial charge is 0.340 e. The van der Waals surface area contributed by atoms with Crippen LogP contribution in [0, 0.1) is 6.92 Å². The number of aryl methyl sites for hydroxylation is 1. The van der Waals surface area contributed by atoms with Gasteiger partial charge in [-0.3, -0.25) is 0 Å². The number of anilines is 1. The van der Waals surface area contributed by atoms with Gasteiger partial charge in [0.2, 0.25) is 0 Å². The van der Waals surface area contributed by atoms with Crippen molar-refractivity contribution in [1.82, 2.24) is 4.40 Å². The summed E-state index contributed by atoms with van der Waals surface area (Å²) in [4.78, 5) is 12.6. The lowest BCUT2D eigenvalue weighted by molar-refractivity contribution is 0.0529.